The van der Waals surface area contributed by atoms with Crippen LogP contribution < -0.4 is 10.2 Å². The van der Waals surface area contributed by atoms with Gasteiger partial charge in [0.25, 0.3) is 0 Å². The summed E-state index contributed by atoms with van der Waals surface area (Å²) in [6.45, 7) is 7.00. The molecule has 2 fully saturated rings. The van der Waals surface area contributed by atoms with E-state index in [4.69, 9.17) is 0 Å². The molecule has 1 saturated carbocycles. The summed E-state index contributed by atoms with van der Waals surface area (Å²) in [7, 11) is 0. The molecular formula is C19H30N4O. The van der Waals surface area contributed by atoms with Gasteiger partial charge in [0.05, 0.1) is 0 Å². The molecule has 2 aliphatic rings. The van der Waals surface area contributed by atoms with Gasteiger partial charge in [-0.3, -0.25) is 9.69 Å². The third-order valence-corrected chi connectivity index (χ3v) is 5.26. The minimum Gasteiger partial charge on any atom is -0.354 e. The number of hydrogen-bond acceptors (Lipinski definition) is 4. The number of carbonyl (C=O) groups excluding carboxylic acids is 1. The fourth-order valence-corrected chi connectivity index (χ4v) is 3.85. The number of rotatable bonds is 6. The average molecular weight is 330 g/mol. The molecule has 0 radical (unpaired) electrons. The molecule has 0 atom stereocenters. The van der Waals surface area contributed by atoms with Crippen molar-refractivity contribution in [1.82, 2.24) is 15.2 Å². The lowest BCUT2D eigenvalue weighted by Crippen LogP contribution is -2.50. The zero-order valence-electron chi connectivity index (χ0n) is 14.8. The molecule has 2 heterocycles. The average Bonchev–Trinajstić information content (AvgIpc) is 3.15. The minimum atomic E-state index is 0.126. The van der Waals surface area contributed by atoms with Crippen LogP contribution in [0.1, 0.15) is 51.0 Å². The minimum absolute atomic E-state index is 0.126. The summed E-state index contributed by atoms with van der Waals surface area (Å²) in [5.41, 5.74) is 1.13. The van der Waals surface area contributed by atoms with E-state index in [1.807, 2.05) is 19.2 Å². The molecule has 1 amide bonds. The van der Waals surface area contributed by atoms with E-state index in [1.165, 1.54) is 25.7 Å². The molecule has 5 nitrogen and oxygen atoms in total. The third kappa shape index (κ3) is 4.47. The fourth-order valence-electron chi connectivity index (χ4n) is 3.85. The van der Waals surface area contributed by atoms with Gasteiger partial charge in [0, 0.05) is 51.4 Å². The SMILES string of the molecule is CCCC(=O)NCc1ccnc(N2CCN(C3CCCC3)CC2)c1. The van der Waals surface area contributed by atoms with E-state index in [0.717, 1.165) is 50.0 Å². The van der Waals surface area contributed by atoms with Crippen LogP contribution in [-0.2, 0) is 11.3 Å². The van der Waals surface area contributed by atoms with Crippen molar-refractivity contribution in [2.45, 2.75) is 58.0 Å². The Bertz CT molecular complexity index is 534. The van der Waals surface area contributed by atoms with Gasteiger partial charge in [-0.15, -0.1) is 0 Å². The van der Waals surface area contributed by atoms with Crippen LogP contribution in [0.2, 0.25) is 0 Å². The van der Waals surface area contributed by atoms with Crippen molar-refractivity contribution in [3.63, 3.8) is 0 Å². The first-order chi connectivity index (χ1) is 11.8. The monoisotopic (exact) mass is 330 g/mol. The molecule has 1 saturated heterocycles. The molecule has 1 aliphatic carbocycles. The van der Waals surface area contributed by atoms with Crippen molar-refractivity contribution in [2.24, 2.45) is 0 Å². The summed E-state index contributed by atoms with van der Waals surface area (Å²) in [6, 6.07) is 4.93. The first-order valence-corrected chi connectivity index (χ1v) is 9.47. The lowest BCUT2D eigenvalue weighted by Gasteiger charge is -2.38. The van der Waals surface area contributed by atoms with Gasteiger partial charge in [0.15, 0.2) is 0 Å². The van der Waals surface area contributed by atoms with Crippen LogP contribution in [0, 0.1) is 0 Å². The predicted octanol–water partition coefficient (Wildman–Crippen LogP) is 2.56. The summed E-state index contributed by atoms with van der Waals surface area (Å²) < 4.78 is 0. The van der Waals surface area contributed by atoms with Crippen LogP contribution in [0.15, 0.2) is 18.3 Å². The maximum absolute atomic E-state index is 11.6. The molecule has 0 spiro atoms. The lowest BCUT2D eigenvalue weighted by atomic mass is 10.1. The van der Waals surface area contributed by atoms with E-state index < -0.39 is 0 Å². The Hall–Kier alpha value is -1.62. The molecule has 132 valence electrons. The lowest BCUT2D eigenvalue weighted by molar-refractivity contribution is -0.121. The first kappa shape index (κ1) is 17.2. The maximum Gasteiger partial charge on any atom is 0.220 e. The standard InChI is InChI=1S/C19H30N4O/c1-2-5-19(24)21-15-16-8-9-20-18(14-16)23-12-10-22(11-13-23)17-6-3-4-7-17/h8-9,14,17H,2-7,10-13,15H2,1H3,(H,21,24). The van der Waals surface area contributed by atoms with Gasteiger partial charge in [0.2, 0.25) is 5.91 Å². The number of carbonyl (C=O) groups is 1. The first-order valence-electron chi connectivity index (χ1n) is 9.47. The highest BCUT2D eigenvalue weighted by Gasteiger charge is 2.26. The summed E-state index contributed by atoms with van der Waals surface area (Å²) in [6.07, 6.45) is 8.91. The summed E-state index contributed by atoms with van der Waals surface area (Å²) >= 11 is 0. The second-order valence-corrected chi connectivity index (χ2v) is 7.01. The number of hydrogen-bond donors (Lipinski definition) is 1. The third-order valence-electron chi connectivity index (χ3n) is 5.26. The molecule has 24 heavy (non-hydrogen) atoms. The Kier molecular flexibility index (Phi) is 6.07. The Labute approximate surface area is 145 Å². The van der Waals surface area contributed by atoms with Gasteiger partial charge < -0.3 is 10.2 Å². The molecule has 1 aliphatic heterocycles. The number of nitrogens with zero attached hydrogens (tertiary/aromatic N) is 3. The van der Waals surface area contributed by atoms with Crippen molar-refractivity contribution in [1.29, 1.82) is 0 Å². The maximum atomic E-state index is 11.6. The zero-order valence-corrected chi connectivity index (χ0v) is 14.8. The highest BCUT2D eigenvalue weighted by Crippen LogP contribution is 2.25. The predicted molar refractivity (Wildman–Crippen MR) is 97.0 cm³/mol. The van der Waals surface area contributed by atoms with Crippen molar-refractivity contribution in [2.75, 3.05) is 31.1 Å². The van der Waals surface area contributed by atoms with E-state index >= 15 is 0 Å². The largest absolute Gasteiger partial charge is 0.354 e. The Balaban J connectivity index is 1.52. The van der Waals surface area contributed by atoms with Crippen molar-refractivity contribution in [3.8, 4) is 0 Å². The zero-order chi connectivity index (χ0) is 16.8. The van der Waals surface area contributed by atoms with Gasteiger partial charge in [-0.25, -0.2) is 4.98 Å². The smallest absolute Gasteiger partial charge is 0.220 e. The van der Waals surface area contributed by atoms with Crippen LogP contribution in [0.3, 0.4) is 0 Å². The molecule has 1 N–H and O–H groups in total. The molecule has 3 rings (SSSR count). The number of pyridine rings is 1. The van der Waals surface area contributed by atoms with Crippen LogP contribution in [0.4, 0.5) is 5.82 Å². The van der Waals surface area contributed by atoms with Crippen LogP contribution in [0.5, 0.6) is 0 Å². The quantitative estimate of drug-likeness (QED) is 0.871. The molecule has 0 bridgehead atoms. The highest BCUT2D eigenvalue weighted by molar-refractivity contribution is 5.75. The van der Waals surface area contributed by atoms with Gasteiger partial charge in [-0.2, -0.15) is 0 Å². The second kappa shape index (κ2) is 8.47. The van der Waals surface area contributed by atoms with Gasteiger partial charge in [-0.05, 0) is 37.0 Å². The van der Waals surface area contributed by atoms with E-state index in [2.05, 4.69) is 26.2 Å². The Morgan fingerprint density at radius 3 is 2.71 bits per heavy atom. The normalized spacial score (nSPS) is 19.6. The number of amides is 1. The number of piperazine rings is 1. The van der Waals surface area contributed by atoms with E-state index in [1.54, 1.807) is 0 Å². The van der Waals surface area contributed by atoms with E-state index in [9.17, 15) is 4.79 Å². The van der Waals surface area contributed by atoms with E-state index in [-0.39, 0.29) is 5.91 Å². The van der Waals surface area contributed by atoms with Crippen LogP contribution >= 0.6 is 0 Å². The fraction of sp³-hybridized carbons (Fsp3) is 0.684. The molecule has 1 aromatic heterocycles. The molecule has 5 heteroatoms. The number of anilines is 1. The van der Waals surface area contributed by atoms with E-state index in [0.29, 0.717) is 13.0 Å². The highest BCUT2D eigenvalue weighted by atomic mass is 16.1. The topological polar surface area (TPSA) is 48.5 Å². The second-order valence-electron chi connectivity index (χ2n) is 7.01. The van der Waals surface area contributed by atoms with Crippen molar-refractivity contribution < 1.29 is 4.79 Å². The number of aromatic nitrogens is 1. The molecule has 0 unspecified atom stereocenters. The van der Waals surface area contributed by atoms with Crippen LogP contribution in [-0.4, -0.2) is 48.0 Å². The summed E-state index contributed by atoms with van der Waals surface area (Å²) in [4.78, 5) is 21.2. The summed E-state index contributed by atoms with van der Waals surface area (Å²) in [5, 5.41) is 2.98. The molecule has 1 aromatic rings. The van der Waals surface area contributed by atoms with Gasteiger partial charge >= 0.3 is 0 Å². The molecule has 0 aromatic carbocycles. The van der Waals surface area contributed by atoms with Gasteiger partial charge in [-0.1, -0.05) is 19.8 Å². The summed E-state index contributed by atoms with van der Waals surface area (Å²) in [5.74, 6) is 1.17. The van der Waals surface area contributed by atoms with Crippen LogP contribution in [0.25, 0.3) is 0 Å². The van der Waals surface area contributed by atoms with Crippen molar-refractivity contribution in [3.05, 3.63) is 23.9 Å². The Morgan fingerprint density at radius 1 is 1.25 bits per heavy atom. The number of nitrogens with one attached hydrogen (secondary N) is 1. The molecular weight excluding hydrogens is 300 g/mol. The van der Waals surface area contributed by atoms with Gasteiger partial charge in [0.1, 0.15) is 5.82 Å². The Morgan fingerprint density at radius 2 is 2.00 bits per heavy atom. The van der Waals surface area contributed by atoms with Crippen molar-refractivity contribution >= 4 is 11.7 Å².